The molecule has 1 saturated heterocycles. The maximum absolute atomic E-state index is 12.9. The zero-order valence-corrected chi connectivity index (χ0v) is 8.82. The zero-order valence-electron chi connectivity index (χ0n) is 8.82. The summed E-state index contributed by atoms with van der Waals surface area (Å²) in [5.74, 6) is -1.35. The normalized spacial score (nSPS) is 19.8. The Morgan fingerprint density at radius 1 is 1.47 bits per heavy atom. The minimum Gasteiger partial charge on any atom is -0.465 e. The van der Waals surface area contributed by atoms with E-state index in [9.17, 15) is 13.6 Å². The maximum atomic E-state index is 12.9. The second-order valence-corrected chi connectivity index (χ2v) is 3.91. The Balaban J connectivity index is 2.08. The number of epoxide rings is 1. The SMILES string of the molecule is O=C(O)NC(Cc1cc(F)cc(F)c1)C1CO1. The summed E-state index contributed by atoms with van der Waals surface area (Å²) in [4.78, 5) is 10.6. The van der Waals surface area contributed by atoms with Crippen LogP contribution < -0.4 is 5.32 Å². The highest BCUT2D eigenvalue weighted by Crippen LogP contribution is 2.19. The molecule has 17 heavy (non-hydrogen) atoms. The Morgan fingerprint density at radius 2 is 2.06 bits per heavy atom. The van der Waals surface area contributed by atoms with Gasteiger partial charge in [-0.25, -0.2) is 13.6 Å². The Labute approximate surface area is 96.2 Å². The van der Waals surface area contributed by atoms with E-state index < -0.39 is 23.8 Å². The highest BCUT2D eigenvalue weighted by atomic mass is 19.1. The van der Waals surface area contributed by atoms with Crippen LogP contribution in [-0.2, 0) is 11.2 Å². The van der Waals surface area contributed by atoms with Gasteiger partial charge in [-0.3, -0.25) is 0 Å². The van der Waals surface area contributed by atoms with Crippen molar-refractivity contribution in [2.75, 3.05) is 6.61 Å². The molecule has 1 aliphatic rings. The molecule has 2 atom stereocenters. The van der Waals surface area contributed by atoms with E-state index in [-0.39, 0.29) is 12.5 Å². The third kappa shape index (κ3) is 3.39. The van der Waals surface area contributed by atoms with E-state index in [1.807, 2.05) is 0 Å². The van der Waals surface area contributed by atoms with Gasteiger partial charge in [-0.15, -0.1) is 0 Å². The average molecular weight is 243 g/mol. The molecule has 1 amide bonds. The molecule has 0 radical (unpaired) electrons. The van der Waals surface area contributed by atoms with Gasteiger partial charge in [0.05, 0.1) is 12.6 Å². The molecule has 2 unspecified atom stereocenters. The molecule has 0 bridgehead atoms. The Hall–Kier alpha value is -1.69. The fraction of sp³-hybridized carbons (Fsp3) is 0.364. The van der Waals surface area contributed by atoms with Crippen LogP contribution in [0.2, 0.25) is 0 Å². The van der Waals surface area contributed by atoms with Crippen LogP contribution in [0.1, 0.15) is 5.56 Å². The second-order valence-electron chi connectivity index (χ2n) is 3.91. The minimum atomic E-state index is -1.18. The number of carbonyl (C=O) groups is 1. The molecule has 6 heteroatoms. The zero-order chi connectivity index (χ0) is 12.4. The Bertz CT molecular complexity index is 414. The van der Waals surface area contributed by atoms with Crippen molar-refractivity contribution in [2.45, 2.75) is 18.6 Å². The van der Waals surface area contributed by atoms with Gasteiger partial charge < -0.3 is 15.2 Å². The van der Waals surface area contributed by atoms with Crippen molar-refractivity contribution in [2.24, 2.45) is 0 Å². The van der Waals surface area contributed by atoms with Crippen LogP contribution in [0.5, 0.6) is 0 Å². The molecule has 0 aliphatic carbocycles. The van der Waals surface area contributed by atoms with Gasteiger partial charge in [0.15, 0.2) is 0 Å². The molecule has 2 rings (SSSR count). The summed E-state index contributed by atoms with van der Waals surface area (Å²) in [7, 11) is 0. The molecule has 1 fully saturated rings. The van der Waals surface area contributed by atoms with E-state index in [4.69, 9.17) is 9.84 Å². The first-order valence-corrected chi connectivity index (χ1v) is 5.10. The van der Waals surface area contributed by atoms with E-state index in [2.05, 4.69) is 5.32 Å². The Morgan fingerprint density at radius 3 is 2.53 bits per heavy atom. The predicted octanol–water partition coefficient (Wildman–Crippen LogP) is 1.54. The van der Waals surface area contributed by atoms with Crippen LogP contribution >= 0.6 is 0 Å². The highest BCUT2D eigenvalue weighted by molar-refractivity contribution is 5.65. The minimum absolute atomic E-state index is 0.200. The predicted molar refractivity (Wildman–Crippen MR) is 54.8 cm³/mol. The molecule has 1 heterocycles. The van der Waals surface area contributed by atoms with Gasteiger partial charge in [-0.2, -0.15) is 0 Å². The molecule has 92 valence electrons. The fourth-order valence-corrected chi connectivity index (χ4v) is 1.70. The van der Waals surface area contributed by atoms with E-state index in [0.29, 0.717) is 12.2 Å². The fourth-order valence-electron chi connectivity index (χ4n) is 1.70. The van der Waals surface area contributed by atoms with Gasteiger partial charge >= 0.3 is 6.09 Å². The van der Waals surface area contributed by atoms with Gasteiger partial charge in [-0.1, -0.05) is 0 Å². The number of amides is 1. The summed E-state index contributed by atoms with van der Waals surface area (Å²) < 4.78 is 30.9. The number of benzene rings is 1. The molecule has 0 aromatic heterocycles. The van der Waals surface area contributed by atoms with Crippen LogP contribution in [0.4, 0.5) is 13.6 Å². The topological polar surface area (TPSA) is 61.9 Å². The first kappa shape index (κ1) is 11.8. The first-order valence-electron chi connectivity index (χ1n) is 5.10. The van der Waals surface area contributed by atoms with Crippen molar-refractivity contribution >= 4 is 6.09 Å². The summed E-state index contributed by atoms with van der Waals surface area (Å²) in [5, 5.41) is 10.9. The average Bonchev–Trinajstić information content (AvgIpc) is 2.96. The van der Waals surface area contributed by atoms with Gasteiger partial charge in [0.1, 0.15) is 17.7 Å². The van der Waals surface area contributed by atoms with Crippen LogP contribution in [0, 0.1) is 11.6 Å². The monoisotopic (exact) mass is 243 g/mol. The number of hydrogen-bond acceptors (Lipinski definition) is 2. The maximum Gasteiger partial charge on any atom is 0.404 e. The summed E-state index contributed by atoms with van der Waals surface area (Å²) in [5.41, 5.74) is 0.400. The van der Waals surface area contributed by atoms with Gasteiger partial charge in [0.2, 0.25) is 0 Å². The lowest BCUT2D eigenvalue weighted by molar-refractivity contribution is 0.186. The van der Waals surface area contributed by atoms with Crippen LogP contribution in [-0.4, -0.2) is 30.0 Å². The van der Waals surface area contributed by atoms with E-state index in [1.165, 1.54) is 12.1 Å². The lowest BCUT2D eigenvalue weighted by Crippen LogP contribution is -2.39. The van der Waals surface area contributed by atoms with E-state index >= 15 is 0 Å². The van der Waals surface area contributed by atoms with Crippen molar-refractivity contribution < 1.29 is 23.4 Å². The molecule has 1 aromatic carbocycles. The third-order valence-corrected chi connectivity index (χ3v) is 2.49. The first-order chi connectivity index (χ1) is 8.04. The summed E-state index contributed by atoms with van der Waals surface area (Å²) in [6, 6.07) is 2.66. The molecule has 2 N–H and O–H groups in total. The summed E-state index contributed by atoms with van der Waals surface area (Å²) in [6.45, 7) is 0.461. The smallest absolute Gasteiger partial charge is 0.404 e. The molecule has 0 saturated carbocycles. The van der Waals surface area contributed by atoms with Crippen LogP contribution in [0.15, 0.2) is 18.2 Å². The number of carboxylic acid groups (broad SMARTS) is 1. The van der Waals surface area contributed by atoms with Gasteiger partial charge in [0, 0.05) is 6.07 Å². The van der Waals surface area contributed by atoms with Crippen molar-refractivity contribution in [3.8, 4) is 0 Å². The molecule has 0 spiro atoms. The van der Waals surface area contributed by atoms with Crippen molar-refractivity contribution in [3.05, 3.63) is 35.4 Å². The number of hydrogen-bond donors (Lipinski definition) is 2. The molecular formula is C11H11F2NO3. The summed E-state index contributed by atoms with van der Waals surface area (Å²) in [6.07, 6.45) is -1.19. The Kier molecular flexibility index (Phi) is 3.23. The number of nitrogens with one attached hydrogen (secondary N) is 1. The standard InChI is InChI=1S/C11H11F2NO3/c12-7-1-6(2-8(13)4-7)3-9(10-5-17-10)14-11(15)16/h1-2,4,9-10,14H,3,5H2,(H,15,16). The number of rotatable bonds is 4. The number of halogens is 2. The van der Waals surface area contributed by atoms with Crippen molar-refractivity contribution in [3.63, 3.8) is 0 Å². The quantitative estimate of drug-likeness (QED) is 0.788. The lowest BCUT2D eigenvalue weighted by atomic mass is 10.0. The van der Waals surface area contributed by atoms with Gasteiger partial charge in [0.25, 0.3) is 0 Å². The molecule has 1 aliphatic heterocycles. The second kappa shape index (κ2) is 4.67. The lowest BCUT2D eigenvalue weighted by Gasteiger charge is -2.14. The molecule has 1 aromatic rings. The molecule has 4 nitrogen and oxygen atoms in total. The van der Waals surface area contributed by atoms with Crippen LogP contribution in [0.25, 0.3) is 0 Å². The van der Waals surface area contributed by atoms with Crippen molar-refractivity contribution in [1.82, 2.24) is 5.32 Å². The largest absolute Gasteiger partial charge is 0.465 e. The van der Waals surface area contributed by atoms with Crippen molar-refractivity contribution in [1.29, 1.82) is 0 Å². The van der Waals surface area contributed by atoms with Crippen LogP contribution in [0.3, 0.4) is 0 Å². The number of ether oxygens (including phenoxy) is 1. The van der Waals surface area contributed by atoms with E-state index in [0.717, 1.165) is 6.07 Å². The van der Waals surface area contributed by atoms with E-state index in [1.54, 1.807) is 0 Å². The molecular weight excluding hydrogens is 232 g/mol. The van der Waals surface area contributed by atoms with Gasteiger partial charge in [-0.05, 0) is 24.1 Å². The summed E-state index contributed by atoms with van der Waals surface area (Å²) >= 11 is 0. The highest BCUT2D eigenvalue weighted by Gasteiger charge is 2.34. The third-order valence-electron chi connectivity index (χ3n) is 2.49.